The van der Waals surface area contributed by atoms with Gasteiger partial charge in [-0.05, 0) is 69.2 Å². The summed E-state index contributed by atoms with van der Waals surface area (Å²) in [6, 6.07) is 11.1. The number of nitrogens with one attached hydrogen (secondary N) is 1. The number of halogens is 3. The third-order valence-electron chi connectivity index (χ3n) is 6.83. The number of hydrogen-bond acceptors (Lipinski definition) is 7. The fourth-order valence-corrected chi connectivity index (χ4v) is 6.65. The molecule has 0 aliphatic carbocycles. The van der Waals surface area contributed by atoms with Gasteiger partial charge in [0.1, 0.15) is 18.3 Å². The quantitative estimate of drug-likeness (QED) is 0.161. The Morgan fingerprint density at radius 3 is 2.24 bits per heavy atom. The maximum atomic E-state index is 14.3. The van der Waals surface area contributed by atoms with Crippen LogP contribution in [0.25, 0.3) is 0 Å². The van der Waals surface area contributed by atoms with E-state index in [-0.39, 0.29) is 46.1 Å². The van der Waals surface area contributed by atoms with E-state index >= 15 is 0 Å². The van der Waals surface area contributed by atoms with Crippen LogP contribution in [0.15, 0.2) is 59.5 Å². The number of hydrogen-bond donors (Lipinski definition) is 1. The van der Waals surface area contributed by atoms with Crippen molar-refractivity contribution in [2.24, 2.45) is 0 Å². The fourth-order valence-electron chi connectivity index (χ4n) is 4.58. The number of amides is 2. The van der Waals surface area contributed by atoms with E-state index in [1.807, 2.05) is 0 Å². The summed E-state index contributed by atoms with van der Waals surface area (Å²) in [6.07, 6.45) is 0.187. The van der Waals surface area contributed by atoms with Crippen molar-refractivity contribution in [3.63, 3.8) is 0 Å². The molecule has 45 heavy (non-hydrogen) atoms. The number of nitrogens with zero attached hydrogens (tertiary/aromatic N) is 3. The number of anilines is 1. The maximum Gasteiger partial charge on any atom is 0.273 e. The first kappa shape index (κ1) is 35.9. The van der Waals surface area contributed by atoms with Crippen molar-refractivity contribution >= 4 is 68.0 Å². The molecule has 242 valence electrons. The van der Waals surface area contributed by atoms with Crippen LogP contribution in [0, 0.1) is 17.0 Å². The van der Waals surface area contributed by atoms with Crippen molar-refractivity contribution in [2.45, 2.75) is 57.6 Å². The van der Waals surface area contributed by atoms with E-state index in [0.29, 0.717) is 10.6 Å². The third kappa shape index (κ3) is 8.57. The van der Waals surface area contributed by atoms with Gasteiger partial charge in [-0.3, -0.25) is 24.0 Å². The number of benzene rings is 3. The molecule has 11 nitrogen and oxygen atoms in total. The topological polar surface area (TPSA) is 139 Å². The Morgan fingerprint density at radius 2 is 1.67 bits per heavy atom. The van der Waals surface area contributed by atoms with Crippen LogP contribution in [0.5, 0.6) is 5.75 Å². The molecule has 2 amide bonds. The van der Waals surface area contributed by atoms with Gasteiger partial charge in [-0.1, -0.05) is 53.9 Å². The van der Waals surface area contributed by atoms with Gasteiger partial charge in [0, 0.05) is 39.3 Å². The number of nitro benzene ring substituents is 1. The van der Waals surface area contributed by atoms with E-state index in [1.54, 1.807) is 32.9 Å². The number of methoxy groups -OCH3 is 1. The van der Waals surface area contributed by atoms with Gasteiger partial charge in [-0.15, -0.1) is 0 Å². The van der Waals surface area contributed by atoms with Crippen LogP contribution in [0.4, 0.5) is 11.4 Å². The van der Waals surface area contributed by atoms with E-state index in [1.165, 1.54) is 55.3 Å². The Labute approximate surface area is 277 Å². The van der Waals surface area contributed by atoms with Gasteiger partial charge in [0.05, 0.1) is 22.6 Å². The molecule has 15 heteroatoms. The first-order chi connectivity index (χ1) is 21.1. The van der Waals surface area contributed by atoms with E-state index in [2.05, 4.69) is 5.32 Å². The Hall–Kier alpha value is -3.58. The number of rotatable bonds is 13. The second kappa shape index (κ2) is 15.1. The molecule has 0 saturated heterocycles. The summed E-state index contributed by atoms with van der Waals surface area (Å²) in [5.41, 5.74) is 0.200. The molecule has 3 aromatic rings. The van der Waals surface area contributed by atoms with Crippen LogP contribution in [0.1, 0.15) is 38.3 Å². The number of nitro groups is 1. The predicted octanol–water partition coefficient (Wildman–Crippen LogP) is 6.40. The largest absolute Gasteiger partial charge is 0.495 e. The summed E-state index contributed by atoms with van der Waals surface area (Å²) in [7, 11) is -3.35. The smallest absolute Gasteiger partial charge is 0.273 e. The lowest BCUT2D eigenvalue weighted by Crippen LogP contribution is -2.53. The lowest BCUT2D eigenvalue weighted by molar-refractivity contribution is -0.385. The molecule has 1 N–H and O–H groups in total. The van der Waals surface area contributed by atoms with Crippen molar-refractivity contribution in [2.75, 3.05) is 18.0 Å². The Bertz CT molecular complexity index is 1700. The first-order valence-corrected chi connectivity index (χ1v) is 16.3. The molecular formula is C30H33Cl3N4O7S. The fraction of sp³-hybridized carbons (Fsp3) is 0.333. The molecule has 0 unspecified atom stereocenters. The molecule has 1 atom stereocenters. The normalized spacial score (nSPS) is 12.0. The predicted molar refractivity (Wildman–Crippen MR) is 175 cm³/mol. The van der Waals surface area contributed by atoms with Gasteiger partial charge in [-0.25, -0.2) is 8.42 Å². The molecular weight excluding hydrogens is 667 g/mol. The Kier molecular flexibility index (Phi) is 12.1. The molecule has 3 rings (SSSR count). The minimum atomic E-state index is -4.66. The second-order valence-electron chi connectivity index (χ2n) is 10.4. The maximum absolute atomic E-state index is 14.3. The van der Waals surface area contributed by atoms with E-state index < -0.39 is 49.9 Å². The Balaban J connectivity index is 2.21. The average Bonchev–Trinajstić information content (AvgIpc) is 2.96. The SMILES string of the molecule is CC[C@@H](C(=O)NC(C)C)N(Cc1ccc(Cl)cc1Cl)C(=O)CN(c1cc(Cl)ccc1OC)S(=O)(=O)c1ccc(C)c([N+](=O)[O-])c1. The van der Waals surface area contributed by atoms with Gasteiger partial charge in [0.15, 0.2) is 0 Å². The van der Waals surface area contributed by atoms with Crippen LogP contribution in [0.2, 0.25) is 15.1 Å². The number of ether oxygens (including phenoxy) is 1. The van der Waals surface area contributed by atoms with Gasteiger partial charge in [0.2, 0.25) is 11.8 Å². The van der Waals surface area contributed by atoms with Crippen molar-refractivity contribution < 1.29 is 27.7 Å². The average molecular weight is 700 g/mol. The van der Waals surface area contributed by atoms with E-state index in [9.17, 15) is 28.1 Å². The van der Waals surface area contributed by atoms with Crippen LogP contribution < -0.4 is 14.4 Å². The lowest BCUT2D eigenvalue weighted by Gasteiger charge is -2.34. The Morgan fingerprint density at radius 1 is 1.02 bits per heavy atom. The molecule has 0 bridgehead atoms. The molecule has 0 heterocycles. The zero-order valence-corrected chi connectivity index (χ0v) is 28.3. The zero-order valence-electron chi connectivity index (χ0n) is 25.2. The summed E-state index contributed by atoms with van der Waals surface area (Å²) < 4.78 is 34.7. The third-order valence-corrected chi connectivity index (χ3v) is 9.40. The molecule has 0 aliphatic rings. The van der Waals surface area contributed by atoms with Crippen molar-refractivity contribution in [3.05, 3.63) is 90.9 Å². The molecule has 0 fully saturated rings. The van der Waals surface area contributed by atoms with E-state index in [0.717, 1.165) is 10.4 Å². The van der Waals surface area contributed by atoms with Gasteiger partial charge >= 0.3 is 0 Å². The van der Waals surface area contributed by atoms with Crippen LogP contribution in [0.3, 0.4) is 0 Å². The lowest BCUT2D eigenvalue weighted by atomic mass is 10.1. The van der Waals surface area contributed by atoms with Gasteiger partial charge in [-0.2, -0.15) is 0 Å². The standard InChI is InChI=1S/C30H33Cl3N4O7S/c1-6-25(30(39)34-18(2)3)35(16-20-8-9-21(31)13-24(20)33)29(38)17-36(27-14-22(32)10-12-28(27)44-5)45(42,43)23-11-7-19(4)26(15-23)37(40)41/h7-15,18,25H,6,16-17H2,1-5H3,(H,34,39)/t25-/m0/s1. The highest BCUT2D eigenvalue weighted by Gasteiger charge is 2.36. The van der Waals surface area contributed by atoms with Crippen molar-refractivity contribution in [1.82, 2.24) is 10.2 Å². The monoisotopic (exact) mass is 698 g/mol. The second-order valence-corrected chi connectivity index (χ2v) is 13.5. The first-order valence-electron chi connectivity index (χ1n) is 13.8. The highest BCUT2D eigenvalue weighted by molar-refractivity contribution is 7.92. The van der Waals surface area contributed by atoms with Crippen molar-refractivity contribution in [1.29, 1.82) is 0 Å². The summed E-state index contributed by atoms with van der Waals surface area (Å²) >= 11 is 18.8. The van der Waals surface area contributed by atoms with Crippen molar-refractivity contribution in [3.8, 4) is 5.75 Å². The van der Waals surface area contributed by atoms with Crippen LogP contribution in [-0.4, -0.2) is 55.8 Å². The summed E-state index contributed by atoms with van der Waals surface area (Å²) in [4.78, 5) is 39.4. The molecule has 0 saturated carbocycles. The molecule has 0 aliphatic heterocycles. The van der Waals surface area contributed by atoms with E-state index in [4.69, 9.17) is 39.5 Å². The summed E-state index contributed by atoms with van der Waals surface area (Å²) in [6.45, 7) is 5.75. The minimum absolute atomic E-state index is 0.0641. The molecule has 0 spiro atoms. The summed E-state index contributed by atoms with van der Waals surface area (Å²) in [5.74, 6) is -1.15. The number of carbonyl (C=O) groups excluding carboxylic acids is 2. The number of aryl methyl sites for hydroxylation is 1. The summed E-state index contributed by atoms with van der Waals surface area (Å²) in [5, 5.41) is 15.2. The highest BCUT2D eigenvalue weighted by Crippen LogP contribution is 2.36. The minimum Gasteiger partial charge on any atom is -0.495 e. The van der Waals surface area contributed by atoms with Crippen LogP contribution >= 0.6 is 34.8 Å². The number of sulfonamides is 1. The molecule has 3 aromatic carbocycles. The zero-order chi connectivity index (χ0) is 33.6. The number of carbonyl (C=O) groups is 2. The van der Waals surface area contributed by atoms with Gasteiger partial charge in [0.25, 0.3) is 15.7 Å². The molecule has 0 aromatic heterocycles. The highest BCUT2D eigenvalue weighted by atomic mass is 35.5. The van der Waals surface area contributed by atoms with Gasteiger partial charge < -0.3 is 15.0 Å². The van der Waals surface area contributed by atoms with Crippen LogP contribution in [-0.2, 0) is 26.2 Å². The molecule has 0 radical (unpaired) electrons.